The summed E-state index contributed by atoms with van der Waals surface area (Å²) in [6, 6.07) is 10.8. The normalized spacial score (nSPS) is 11.3. The number of amides is 2. The maximum Gasteiger partial charge on any atom is 0.416 e. The van der Waals surface area contributed by atoms with Gasteiger partial charge in [0.1, 0.15) is 5.75 Å². The van der Waals surface area contributed by atoms with E-state index >= 15 is 0 Å². The summed E-state index contributed by atoms with van der Waals surface area (Å²) < 4.78 is 43.0. The first-order chi connectivity index (χ1) is 12.2. The molecule has 2 aromatic rings. The molecule has 0 fully saturated rings. The van der Waals surface area contributed by atoms with Crippen LogP contribution in [0.25, 0.3) is 6.08 Å². The van der Waals surface area contributed by atoms with Crippen LogP contribution in [0, 0.1) is 0 Å². The number of ether oxygens (including phenoxy) is 1. The minimum Gasteiger partial charge on any atom is -0.484 e. The summed E-state index contributed by atoms with van der Waals surface area (Å²) in [4.78, 5) is 22.5. The number of alkyl halides is 3. The predicted molar refractivity (Wildman–Crippen MR) is 90.2 cm³/mol. The standard InChI is InChI=1S/C18H15F3N2O3/c19-18(20,21)13-2-1-3-14(10-13)23-17(25)9-6-12-4-7-15(8-5-12)26-11-16(22)24/h1-10H,11H2,(H2,22,24)(H,23,25)/b9-6+. The highest BCUT2D eigenvalue weighted by molar-refractivity contribution is 6.01. The summed E-state index contributed by atoms with van der Waals surface area (Å²) in [5, 5.41) is 2.37. The van der Waals surface area contributed by atoms with Gasteiger partial charge < -0.3 is 15.8 Å². The van der Waals surface area contributed by atoms with Gasteiger partial charge in [-0.1, -0.05) is 18.2 Å². The molecule has 3 N–H and O–H groups in total. The second kappa shape index (κ2) is 8.19. The van der Waals surface area contributed by atoms with Crippen LogP contribution < -0.4 is 15.8 Å². The van der Waals surface area contributed by atoms with Gasteiger partial charge in [-0.15, -0.1) is 0 Å². The van der Waals surface area contributed by atoms with Gasteiger partial charge in [-0.05, 0) is 42.0 Å². The van der Waals surface area contributed by atoms with Gasteiger partial charge in [0.25, 0.3) is 5.91 Å². The summed E-state index contributed by atoms with van der Waals surface area (Å²) in [6.07, 6.45) is -1.80. The molecule has 2 amide bonds. The highest BCUT2D eigenvalue weighted by Crippen LogP contribution is 2.30. The maximum atomic E-state index is 12.6. The number of nitrogens with two attached hydrogens (primary N) is 1. The Kier molecular flexibility index (Phi) is 6.00. The van der Waals surface area contributed by atoms with E-state index in [9.17, 15) is 22.8 Å². The Labute approximate surface area is 147 Å². The lowest BCUT2D eigenvalue weighted by molar-refractivity contribution is -0.137. The molecule has 0 aromatic heterocycles. The highest BCUT2D eigenvalue weighted by Gasteiger charge is 2.30. The van der Waals surface area contributed by atoms with Gasteiger partial charge in [0.05, 0.1) is 5.56 Å². The molecule has 8 heteroatoms. The van der Waals surface area contributed by atoms with Crippen molar-refractivity contribution in [3.63, 3.8) is 0 Å². The summed E-state index contributed by atoms with van der Waals surface area (Å²) >= 11 is 0. The van der Waals surface area contributed by atoms with Crippen molar-refractivity contribution in [3.8, 4) is 5.75 Å². The summed E-state index contributed by atoms with van der Waals surface area (Å²) in [5.74, 6) is -0.729. The minimum atomic E-state index is -4.48. The van der Waals surface area contributed by atoms with Crippen LogP contribution in [0.1, 0.15) is 11.1 Å². The zero-order chi connectivity index (χ0) is 19.2. The Hall–Kier alpha value is -3.29. The number of hydrogen-bond donors (Lipinski definition) is 2. The zero-order valence-corrected chi connectivity index (χ0v) is 13.4. The fourth-order valence-electron chi connectivity index (χ4n) is 1.96. The molecule has 0 aliphatic carbocycles. The van der Waals surface area contributed by atoms with Crippen LogP contribution in [0.5, 0.6) is 5.75 Å². The number of carbonyl (C=O) groups is 2. The second-order valence-electron chi connectivity index (χ2n) is 5.23. The quantitative estimate of drug-likeness (QED) is 0.772. The van der Waals surface area contributed by atoms with Crippen LogP contribution in [-0.2, 0) is 15.8 Å². The minimum absolute atomic E-state index is 0.0460. The Bertz CT molecular complexity index is 815. The molecule has 2 aromatic carbocycles. The fraction of sp³-hybridized carbons (Fsp3) is 0.111. The van der Waals surface area contributed by atoms with E-state index in [1.54, 1.807) is 24.3 Å². The number of hydrogen-bond acceptors (Lipinski definition) is 3. The summed E-state index contributed by atoms with van der Waals surface area (Å²) in [7, 11) is 0. The largest absolute Gasteiger partial charge is 0.484 e. The predicted octanol–water partition coefficient (Wildman–Crippen LogP) is 3.22. The lowest BCUT2D eigenvalue weighted by atomic mass is 10.2. The topological polar surface area (TPSA) is 81.4 Å². The van der Waals surface area contributed by atoms with Crippen molar-refractivity contribution in [2.75, 3.05) is 11.9 Å². The number of primary amides is 1. The number of halogens is 3. The van der Waals surface area contributed by atoms with Crippen LogP contribution in [0.3, 0.4) is 0 Å². The molecule has 0 spiro atoms. The molecule has 5 nitrogen and oxygen atoms in total. The van der Waals surface area contributed by atoms with Crippen molar-refractivity contribution in [2.24, 2.45) is 5.73 Å². The van der Waals surface area contributed by atoms with Crippen LogP contribution in [0.2, 0.25) is 0 Å². The molecule has 136 valence electrons. The molecule has 0 saturated carbocycles. The Morgan fingerprint density at radius 1 is 1.12 bits per heavy atom. The molecule has 0 saturated heterocycles. The van der Waals surface area contributed by atoms with E-state index in [2.05, 4.69) is 5.32 Å². The van der Waals surface area contributed by atoms with Crippen molar-refractivity contribution in [2.45, 2.75) is 6.18 Å². The van der Waals surface area contributed by atoms with Gasteiger partial charge in [-0.2, -0.15) is 13.2 Å². The fourth-order valence-corrected chi connectivity index (χ4v) is 1.96. The van der Waals surface area contributed by atoms with Gasteiger partial charge >= 0.3 is 6.18 Å². The van der Waals surface area contributed by atoms with Crippen molar-refractivity contribution in [1.82, 2.24) is 0 Å². The van der Waals surface area contributed by atoms with Gasteiger partial charge in [-0.25, -0.2) is 0 Å². The van der Waals surface area contributed by atoms with E-state index in [0.717, 1.165) is 12.1 Å². The lowest BCUT2D eigenvalue weighted by Crippen LogP contribution is -2.19. The molecular formula is C18H15F3N2O3. The monoisotopic (exact) mass is 364 g/mol. The third kappa shape index (κ3) is 5.97. The Morgan fingerprint density at radius 3 is 2.42 bits per heavy atom. The molecule has 0 bridgehead atoms. The second-order valence-corrected chi connectivity index (χ2v) is 5.23. The average Bonchev–Trinajstić information content (AvgIpc) is 2.58. The van der Waals surface area contributed by atoms with Crippen LogP contribution in [0.15, 0.2) is 54.6 Å². The Balaban J connectivity index is 1.96. The van der Waals surface area contributed by atoms with Crippen LogP contribution >= 0.6 is 0 Å². The number of anilines is 1. The third-order valence-corrected chi connectivity index (χ3v) is 3.15. The van der Waals surface area contributed by atoms with E-state index in [-0.39, 0.29) is 12.3 Å². The van der Waals surface area contributed by atoms with Crippen LogP contribution in [-0.4, -0.2) is 18.4 Å². The average molecular weight is 364 g/mol. The smallest absolute Gasteiger partial charge is 0.416 e. The Morgan fingerprint density at radius 2 is 1.81 bits per heavy atom. The molecule has 0 aliphatic heterocycles. The first kappa shape index (κ1) is 19.0. The van der Waals surface area contributed by atoms with E-state index in [1.165, 1.54) is 24.3 Å². The molecule has 2 rings (SSSR count). The third-order valence-electron chi connectivity index (χ3n) is 3.15. The van der Waals surface area contributed by atoms with Gasteiger partial charge in [-0.3, -0.25) is 9.59 Å². The molecule has 0 heterocycles. The number of nitrogens with one attached hydrogen (secondary N) is 1. The zero-order valence-electron chi connectivity index (χ0n) is 13.4. The molecule has 0 atom stereocenters. The summed E-state index contributed by atoms with van der Waals surface area (Å²) in [6.45, 7) is -0.241. The van der Waals surface area contributed by atoms with Gasteiger partial charge in [0, 0.05) is 11.8 Å². The van der Waals surface area contributed by atoms with Crippen molar-refractivity contribution < 1.29 is 27.5 Å². The summed E-state index contributed by atoms with van der Waals surface area (Å²) in [5.41, 5.74) is 4.83. The van der Waals surface area contributed by atoms with Crippen molar-refractivity contribution in [3.05, 3.63) is 65.7 Å². The lowest BCUT2D eigenvalue weighted by Gasteiger charge is -2.08. The SMILES string of the molecule is NC(=O)COc1ccc(/C=C/C(=O)Nc2cccc(C(F)(F)F)c2)cc1. The highest BCUT2D eigenvalue weighted by atomic mass is 19.4. The van der Waals surface area contributed by atoms with E-state index in [0.29, 0.717) is 11.3 Å². The molecular weight excluding hydrogens is 349 g/mol. The van der Waals surface area contributed by atoms with E-state index in [1.807, 2.05) is 0 Å². The first-order valence-corrected chi connectivity index (χ1v) is 7.41. The molecule has 26 heavy (non-hydrogen) atoms. The van der Waals surface area contributed by atoms with Gasteiger partial charge in [0.2, 0.25) is 5.91 Å². The van der Waals surface area contributed by atoms with E-state index in [4.69, 9.17) is 10.5 Å². The number of carbonyl (C=O) groups excluding carboxylic acids is 2. The number of benzene rings is 2. The van der Waals surface area contributed by atoms with E-state index < -0.39 is 23.6 Å². The van der Waals surface area contributed by atoms with Gasteiger partial charge in [0.15, 0.2) is 6.61 Å². The maximum absolute atomic E-state index is 12.6. The van der Waals surface area contributed by atoms with Crippen molar-refractivity contribution in [1.29, 1.82) is 0 Å². The van der Waals surface area contributed by atoms with Crippen LogP contribution in [0.4, 0.5) is 18.9 Å². The van der Waals surface area contributed by atoms with Crippen molar-refractivity contribution >= 4 is 23.6 Å². The molecule has 0 aliphatic rings. The number of rotatable bonds is 6. The first-order valence-electron chi connectivity index (χ1n) is 7.41. The molecule has 0 radical (unpaired) electrons. The molecule has 0 unspecified atom stereocenters.